The molecule has 0 aromatic heterocycles. The van der Waals surface area contributed by atoms with Crippen molar-refractivity contribution < 1.29 is 50.0 Å². The lowest BCUT2D eigenvalue weighted by Crippen LogP contribution is -2.60. The van der Waals surface area contributed by atoms with Crippen LogP contribution in [0.2, 0.25) is 0 Å². The van der Waals surface area contributed by atoms with Crippen molar-refractivity contribution in [1.29, 1.82) is 0 Å². The van der Waals surface area contributed by atoms with E-state index in [2.05, 4.69) is 43.5 Å². The molecule has 1 amide bonds. The van der Waals surface area contributed by atoms with Gasteiger partial charge < -0.3 is 50.5 Å². The normalized spacial score (nSPS) is 21.8. The van der Waals surface area contributed by atoms with Gasteiger partial charge in [-0.3, -0.25) is 4.79 Å². The number of ether oxygens (including phenoxy) is 2. The second kappa shape index (κ2) is 39.2. The molecule has 0 bridgehead atoms. The molecule has 354 valence electrons. The van der Waals surface area contributed by atoms with E-state index in [1.54, 1.807) is 0 Å². The van der Waals surface area contributed by atoms with Crippen molar-refractivity contribution in [3.8, 4) is 0 Å². The van der Waals surface area contributed by atoms with Gasteiger partial charge in [-0.25, -0.2) is 0 Å². The lowest BCUT2D eigenvalue weighted by Gasteiger charge is -2.40. The predicted molar refractivity (Wildman–Crippen MR) is 242 cm³/mol. The van der Waals surface area contributed by atoms with Crippen molar-refractivity contribution in [3.63, 3.8) is 0 Å². The van der Waals surface area contributed by atoms with Gasteiger partial charge in [0.2, 0.25) is 5.91 Å². The Morgan fingerprint density at radius 3 is 1.48 bits per heavy atom. The summed E-state index contributed by atoms with van der Waals surface area (Å²) in [6, 6.07) is -1.19. The van der Waals surface area contributed by atoms with Gasteiger partial charge in [-0.05, 0) is 51.4 Å². The second-order valence-corrected chi connectivity index (χ2v) is 17.5. The Bertz CT molecular complexity index is 1030. The quantitative estimate of drug-likeness (QED) is 0.0218. The minimum absolute atomic E-state index is 0.248. The zero-order chi connectivity index (χ0) is 44.1. The zero-order valence-electron chi connectivity index (χ0n) is 38.2. The van der Waals surface area contributed by atoms with Crippen molar-refractivity contribution in [1.82, 2.24) is 5.32 Å². The molecular weight excluding hydrogens is 763 g/mol. The van der Waals surface area contributed by atoms with Crippen LogP contribution in [0.15, 0.2) is 24.3 Å². The molecule has 0 saturated carbocycles. The summed E-state index contributed by atoms with van der Waals surface area (Å²) in [6.45, 7) is 3.41. The minimum atomic E-state index is -1.67. The van der Waals surface area contributed by atoms with Gasteiger partial charge >= 0.3 is 0 Å². The third-order valence-corrected chi connectivity index (χ3v) is 12.0. The third kappa shape index (κ3) is 28.3. The van der Waals surface area contributed by atoms with Crippen molar-refractivity contribution in [3.05, 3.63) is 24.3 Å². The average molecular weight is 856 g/mol. The van der Waals surface area contributed by atoms with Crippen LogP contribution in [0.3, 0.4) is 0 Å². The Balaban J connectivity index is 2.40. The molecule has 9 atom stereocenters. The number of aliphatic hydroxyl groups is 7. The van der Waals surface area contributed by atoms with Crippen LogP contribution in [0.25, 0.3) is 0 Å². The highest BCUT2D eigenvalue weighted by Gasteiger charge is 2.44. The Morgan fingerprint density at radius 2 is 1.00 bits per heavy atom. The van der Waals surface area contributed by atoms with E-state index in [9.17, 15) is 40.5 Å². The smallest absolute Gasteiger partial charge is 0.249 e. The number of hydrogen-bond donors (Lipinski definition) is 8. The summed E-state index contributed by atoms with van der Waals surface area (Å²) in [7, 11) is 0. The molecule has 11 heteroatoms. The van der Waals surface area contributed by atoms with Gasteiger partial charge in [0, 0.05) is 0 Å². The molecule has 0 spiro atoms. The van der Waals surface area contributed by atoms with Gasteiger partial charge in [0.1, 0.15) is 36.6 Å². The molecule has 9 unspecified atom stereocenters. The SMILES string of the molecule is CCCCCC/C=C/CC/C=C/CCCC(O)C(O)C(COC1OC(CO)C(O)C(O)C1O)NC(=O)C(O)CCCCCCCCCCCCCCCCCCCCCC. The zero-order valence-corrected chi connectivity index (χ0v) is 38.2. The molecule has 1 aliphatic rings. The van der Waals surface area contributed by atoms with Crippen LogP contribution in [0, 0.1) is 0 Å². The summed E-state index contributed by atoms with van der Waals surface area (Å²) >= 11 is 0. The number of allylic oxidation sites excluding steroid dienone is 4. The summed E-state index contributed by atoms with van der Waals surface area (Å²) in [5.41, 5.74) is 0. The maximum absolute atomic E-state index is 13.1. The predicted octanol–water partition coefficient (Wildman–Crippen LogP) is 8.62. The Kier molecular flexibility index (Phi) is 37.0. The molecule has 0 radical (unpaired) electrons. The average Bonchev–Trinajstić information content (AvgIpc) is 3.25. The van der Waals surface area contributed by atoms with E-state index in [1.807, 2.05) is 0 Å². The number of nitrogens with one attached hydrogen (secondary N) is 1. The maximum atomic E-state index is 13.1. The van der Waals surface area contributed by atoms with Crippen LogP contribution in [0.5, 0.6) is 0 Å². The molecule has 1 heterocycles. The number of carbonyl (C=O) groups is 1. The van der Waals surface area contributed by atoms with Gasteiger partial charge in [0.15, 0.2) is 6.29 Å². The molecule has 8 N–H and O–H groups in total. The molecule has 1 aliphatic heterocycles. The van der Waals surface area contributed by atoms with Crippen LogP contribution in [0.1, 0.15) is 213 Å². The third-order valence-electron chi connectivity index (χ3n) is 12.0. The van der Waals surface area contributed by atoms with Crippen molar-refractivity contribution in [2.45, 2.75) is 268 Å². The van der Waals surface area contributed by atoms with E-state index in [-0.39, 0.29) is 12.8 Å². The van der Waals surface area contributed by atoms with Crippen molar-refractivity contribution in [2.24, 2.45) is 0 Å². The van der Waals surface area contributed by atoms with E-state index >= 15 is 0 Å². The molecule has 60 heavy (non-hydrogen) atoms. The van der Waals surface area contributed by atoms with E-state index < -0.39 is 74.2 Å². The highest BCUT2D eigenvalue weighted by Crippen LogP contribution is 2.23. The highest BCUT2D eigenvalue weighted by molar-refractivity contribution is 5.80. The van der Waals surface area contributed by atoms with Crippen LogP contribution in [-0.4, -0.2) is 110 Å². The van der Waals surface area contributed by atoms with Gasteiger partial charge in [-0.1, -0.05) is 186 Å². The van der Waals surface area contributed by atoms with Gasteiger partial charge in [-0.2, -0.15) is 0 Å². The number of rotatable bonds is 41. The van der Waals surface area contributed by atoms with E-state index in [0.29, 0.717) is 19.3 Å². The van der Waals surface area contributed by atoms with Gasteiger partial charge in [0.05, 0.1) is 25.4 Å². The minimum Gasteiger partial charge on any atom is -0.394 e. The largest absolute Gasteiger partial charge is 0.394 e. The fourth-order valence-electron chi connectivity index (χ4n) is 7.87. The van der Waals surface area contributed by atoms with E-state index in [1.165, 1.54) is 128 Å². The monoisotopic (exact) mass is 856 g/mol. The second-order valence-electron chi connectivity index (χ2n) is 17.5. The first kappa shape index (κ1) is 56.6. The van der Waals surface area contributed by atoms with Gasteiger partial charge in [-0.15, -0.1) is 0 Å². The Hall–Kier alpha value is -1.41. The number of carbonyl (C=O) groups excluding carboxylic acids is 1. The molecule has 0 aromatic carbocycles. The van der Waals surface area contributed by atoms with Crippen LogP contribution in [0.4, 0.5) is 0 Å². The van der Waals surface area contributed by atoms with Crippen LogP contribution in [-0.2, 0) is 14.3 Å². The first-order valence-electron chi connectivity index (χ1n) is 24.7. The van der Waals surface area contributed by atoms with Gasteiger partial charge in [0.25, 0.3) is 0 Å². The molecule has 1 rings (SSSR count). The fourth-order valence-corrected chi connectivity index (χ4v) is 7.87. The number of amides is 1. The summed E-state index contributed by atoms with van der Waals surface area (Å²) in [6.07, 6.45) is 32.3. The summed E-state index contributed by atoms with van der Waals surface area (Å²) in [5.74, 6) is -0.709. The fraction of sp³-hybridized carbons (Fsp3) is 0.898. The Morgan fingerprint density at radius 1 is 0.567 bits per heavy atom. The molecule has 1 fully saturated rings. The number of aliphatic hydroxyl groups excluding tert-OH is 7. The molecular formula is C49H93NO10. The standard InChI is InChI=1S/C49H93NO10/c1-3-5-7-9-11-13-15-17-18-19-20-21-22-23-25-27-29-31-33-35-37-42(53)48(58)50-40(39-59-49-47(57)46(56)45(55)43(38-51)60-49)44(54)41(52)36-34-32-30-28-26-24-16-14-12-10-8-6-4-2/h14,16,28,30,40-47,49,51-57H,3-13,15,17-27,29,31-39H2,1-2H3,(H,50,58)/b16-14+,30-28+. The van der Waals surface area contributed by atoms with E-state index in [4.69, 9.17) is 9.47 Å². The lowest BCUT2D eigenvalue weighted by atomic mass is 9.98. The first-order valence-corrected chi connectivity index (χ1v) is 24.7. The molecule has 1 saturated heterocycles. The number of hydrogen-bond acceptors (Lipinski definition) is 10. The van der Waals surface area contributed by atoms with Crippen LogP contribution < -0.4 is 5.32 Å². The lowest BCUT2D eigenvalue weighted by molar-refractivity contribution is -0.303. The molecule has 0 aromatic rings. The molecule has 0 aliphatic carbocycles. The van der Waals surface area contributed by atoms with Crippen molar-refractivity contribution in [2.75, 3.05) is 13.2 Å². The van der Waals surface area contributed by atoms with Crippen LogP contribution >= 0.6 is 0 Å². The summed E-state index contributed by atoms with van der Waals surface area (Å²) in [5, 5.41) is 75.7. The maximum Gasteiger partial charge on any atom is 0.249 e. The summed E-state index contributed by atoms with van der Waals surface area (Å²) < 4.78 is 11.1. The summed E-state index contributed by atoms with van der Waals surface area (Å²) in [4.78, 5) is 13.1. The highest BCUT2D eigenvalue weighted by atomic mass is 16.7. The van der Waals surface area contributed by atoms with Crippen molar-refractivity contribution >= 4 is 5.91 Å². The molecule has 11 nitrogen and oxygen atoms in total. The number of unbranched alkanes of at least 4 members (excludes halogenated alkanes) is 25. The topological polar surface area (TPSA) is 189 Å². The first-order chi connectivity index (χ1) is 29.2. The Labute approximate surface area is 365 Å². The van der Waals surface area contributed by atoms with E-state index in [0.717, 1.165) is 38.5 Å².